The zero-order chi connectivity index (χ0) is 16.3. The number of rotatable bonds is 7. The van der Waals surface area contributed by atoms with Crippen LogP contribution in [0.3, 0.4) is 0 Å². The Morgan fingerprint density at radius 3 is 2.33 bits per heavy atom. The van der Waals surface area contributed by atoms with Crippen molar-refractivity contribution in [2.45, 2.75) is 4.90 Å². The Hall–Kier alpha value is 0.150. The molecule has 11 heteroatoms. The van der Waals surface area contributed by atoms with Crippen LogP contribution in [-0.2, 0) is 23.6 Å². The summed E-state index contributed by atoms with van der Waals surface area (Å²) >= 11 is 17.4. The Labute approximate surface area is 138 Å². The molecule has 0 atom stereocenters. The van der Waals surface area contributed by atoms with Crippen LogP contribution in [0, 0.1) is 0 Å². The van der Waals surface area contributed by atoms with Crippen LogP contribution in [0.5, 0.6) is 0 Å². The fourth-order valence-electron chi connectivity index (χ4n) is 1.37. The van der Waals surface area contributed by atoms with Crippen molar-refractivity contribution < 1.29 is 22.0 Å². The fraction of sp³-hybridized carbons (Fsp3) is 0.400. The Bertz CT molecular complexity index is 646. The van der Waals surface area contributed by atoms with Crippen LogP contribution in [-0.4, -0.2) is 39.2 Å². The van der Waals surface area contributed by atoms with E-state index in [1.807, 2.05) is 0 Å². The van der Waals surface area contributed by atoms with E-state index in [0.717, 1.165) is 0 Å². The number of nitrogens with zero attached hydrogens (tertiary/aromatic N) is 1. The average Bonchev–Trinajstić information content (AvgIpc) is 2.46. The van der Waals surface area contributed by atoms with Crippen molar-refractivity contribution in [3.05, 3.63) is 28.2 Å². The highest BCUT2D eigenvalue weighted by atomic mass is 35.5. The van der Waals surface area contributed by atoms with Gasteiger partial charge in [0.25, 0.3) is 10.0 Å². The van der Waals surface area contributed by atoms with Crippen molar-refractivity contribution in [1.29, 1.82) is 0 Å². The van der Waals surface area contributed by atoms with Gasteiger partial charge in [0.1, 0.15) is 4.90 Å². The lowest BCUT2D eigenvalue weighted by atomic mass is 10.4. The molecule has 21 heavy (non-hydrogen) atoms. The highest BCUT2D eigenvalue weighted by Crippen LogP contribution is 2.46. The molecule has 0 spiro atoms. The van der Waals surface area contributed by atoms with Gasteiger partial charge in [0.05, 0.1) is 16.2 Å². The maximum Gasteiger partial charge on any atom is 0.331 e. The van der Waals surface area contributed by atoms with Gasteiger partial charge in [-0.1, -0.05) is 29.3 Å². The zero-order valence-electron chi connectivity index (χ0n) is 11.1. The van der Waals surface area contributed by atoms with E-state index in [2.05, 4.69) is 0 Å². The molecule has 1 aromatic carbocycles. The SMILES string of the molecule is COP(=O)(CCN(Cl)S(=O)(=O)c1cccc(Cl)c1Cl)OC. The number of halogens is 3. The minimum absolute atomic E-state index is 0.0854. The van der Waals surface area contributed by atoms with Gasteiger partial charge in [-0.15, -0.1) is 3.82 Å². The minimum atomic E-state index is -4.08. The summed E-state index contributed by atoms with van der Waals surface area (Å²) in [6, 6.07) is 4.15. The first-order valence-corrected chi connectivity index (χ1v) is 9.77. The largest absolute Gasteiger partial charge is 0.331 e. The Morgan fingerprint density at radius 1 is 1.24 bits per heavy atom. The van der Waals surface area contributed by atoms with E-state index in [0.29, 0.717) is 3.82 Å². The van der Waals surface area contributed by atoms with Crippen molar-refractivity contribution in [1.82, 2.24) is 3.82 Å². The monoisotopic (exact) mass is 395 g/mol. The van der Waals surface area contributed by atoms with Crippen LogP contribution >= 0.6 is 42.6 Å². The molecule has 0 aromatic heterocycles. The van der Waals surface area contributed by atoms with Gasteiger partial charge in [0.15, 0.2) is 0 Å². The molecule has 120 valence electrons. The van der Waals surface area contributed by atoms with E-state index >= 15 is 0 Å². The molecule has 0 radical (unpaired) electrons. The minimum Gasteiger partial charge on any atom is -0.312 e. The molecule has 0 amide bonds. The van der Waals surface area contributed by atoms with Crippen LogP contribution < -0.4 is 0 Å². The maximum atomic E-state index is 12.3. The second-order valence-corrected chi connectivity index (χ2v) is 9.39. The number of hydrogen-bond donors (Lipinski definition) is 0. The number of benzene rings is 1. The lowest BCUT2D eigenvalue weighted by Gasteiger charge is -2.18. The van der Waals surface area contributed by atoms with Gasteiger partial charge in [0.2, 0.25) is 0 Å². The van der Waals surface area contributed by atoms with E-state index in [-0.39, 0.29) is 27.6 Å². The molecule has 0 unspecified atom stereocenters. The summed E-state index contributed by atoms with van der Waals surface area (Å²) in [4.78, 5) is -0.240. The zero-order valence-corrected chi connectivity index (χ0v) is 15.1. The average molecular weight is 397 g/mol. The predicted octanol–water partition coefficient (Wildman–Crippen LogP) is 3.62. The van der Waals surface area contributed by atoms with Gasteiger partial charge in [-0.25, -0.2) is 8.42 Å². The van der Waals surface area contributed by atoms with E-state index in [1.54, 1.807) is 0 Å². The van der Waals surface area contributed by atoms with Crippen molar-refractivity contribution in [2.24, 2.45) is 0 Å². The standard InChI is InChI=1S/C10H13Cl3NO5PS/c1-18-20(15,19-2)7-6-14(13)21(16,17)9-5-3-4-8(11)10(9)12/h3-5H,6-7H2,1-2H3. The van der Waals surface area contributed by atoms with Gasteiger partial charge in [-0.2, -0.15) is 0 Å². The molecular weight excluding hydrogens is 384 g/mol. The molecule has 6 nitrogen and oxygen atoms in total. The summed E-state index contributed by atoms with van der Waals surface area (Å²) in [6.45, 7) is -0.286. The van der Waals surface area contributed by atoms with Crippen LogP contribution in [0.25, 0.3) is 0 Å². The topological polar surface area (TPSA) is 72.9 Å². The highest BCUT2D eigenvalue weighted by molar-refractivity contribution is 7.90. The van der Waals surface area contributed by atoms with Gasteiger partial charge in [0, 0.05) is 20.8 Å². The van der Waals surface area contributed by atoms with Crippen molar-refractivity contribution in [3.8, 4) is 0 Å². The van der Waals surface area contributed by atoms with Gasteiger partial charge in [-0.05, 0) is 23.9 Å². The smallest absolute Gasteiger partial charge is 0.312 e. The Kier molecular flexibility index (Phi) is 6.96. The van der Waals surface area contributed by atoms with E-state index in [4.69, 9.17) is 44.0 Å². The first-order chi connectivity index (χ1) is 9.68. The third-order valence-corrected chi connectivity index (χ3v) is 7.67. The number of hydrogen-bond acceptors (Lipinski definition) is 5. The molecular formula is C10H13Cl3NO5PS. The molecule has 1 aromatic rings. The summed E-state index contributed by atoms with van der Waals surface area (Å²) in [6.07, 6.45) is -0.207. The van der Waals surface area contributed by atoms with Crippen LogP contribution in [0.4, 0.5) is 0 Å². The van der Waals surface area contributed by atoms with Crippen LogP contribution in [0.15, 0.2) is 23.1 Å². The van der Waals surface area contributed by atoms with Crippen LogP contribution in [0.2, 0.25) is 10.0 Å². The molecule has 0 aliphatic rings. The van der Waals surface area contributed by atoms with E-state index in [9.17, 15) is 13.0 Å². The van der Waals surface area contributed by atoms with E-state index < -0.39 is 17.6 Å². The van der Waals surface area contributed by atoms with Gasteiger partial charge in [-0.3, -0.25) is 4.57 Å². The summed E-state index contributed by atoms with van der Waals surface area (Å²) in [5.41, 5.74) is 0. The second kappa shape index (κ2) is 7.62. The summed E-state index contributed by atoms with van der Waals surface area (Å²) in [5, 5.41) is -0.0475. The fourth-order valence-corrected chi connectivity index (χ4v) is 4.67. The summed E-state index contributed by atoms with van der Waals surface area (Å²) in [5.74, 6) is 0. The number of sulfonamides is 1. The first kappa shape index (κ1) is 19.2. The lowest BCUT2D eigenvalue weighted by Crippen LogP contribution is -2.25. The molecule has 0 heterocycles. The normalized spacial score (nSPS) is 12.9. The summed E-state index contributed by atoms with van der Waals surface area (Å²) < 4.78 is 46.3. The molecule has 0 saturated heterocycles. The molecule has 1 rings (SSSR count). The molecule has 0 fully saturated rings. The van der Waals surface area contributed by atoms with Crippen molar-refractivity contribution in [2.75, 3.05) is 26.9 Å². The third-order valence-electron chi connectivity index (χ3n) is 2.56. The molecule has 0 saturated carbocycles. The van der Waals surface area contributed by atoms with Crippen LogP contribution in [0.1, 0.15) is 0 Å². The van der Waals surface area contributed by atoms with Crippen molar-refractivity contribution in [3.63, 3.8) is 0 Å². The van der Waals surface area contributed by atoms with Gasteiger partial charge < -0.3 is 9.05 Å². The maximum absolute atomic E-state index is 12.3. The quantitative estimate of drug-likeness (QED) is 0.520. The molecule has 0 bridgehead atoms. The predicted molar refractivity (Wildman–Crippen MR) is 82.7 cm³/mol. The molecule has 0 aliphatic carbocycles. The Morgan fingerprint density at radius 2 is 1.81 bits per heavy atom. The van der Waals surface area contributed by atoms with Gasteiger partial charge >= 0.3 is 7.60 Å². The molecule has 0 aliphatic heterocycles. The second-order valence-electron chi connectivity index (χ2n) is 3.77. The lowest BCUT2D eigenvalue weighted by molar-refractivity contribution is 0.275. The first-order valence-electron chi connectivity index (χ1n) is 5.51. The highest BCUT2D eigenvalue weighted by Gasteiger charge is 2.30. The van der Waals surface area contributed by atoms with Crippen molar-refractivity contribution >= 4 is 52.6 Å². The molecule has 0 N–H and O–H groups in total. The summed E-state index contributed by atoms with van der Waals surface area (Å²) in [7, 11) is -5.05. The third kappa shape index (κ3) is 4.56. The van der Waals surface area contributed by atoms with E-state index in [1.165, 1.54) is 32.4 Å². The Balaban J connectivity index is 2.98.